The number of aliphatic hydroxyl groups is 2. The van der Waals surface area contributed by atoms with Crippen LogP contribution in [0.4, 0.5) is 5.82 Å². The quantitative estimate of drug-likeness (QED) is 0.549. The van der Waals surface area contributed by atoms with Crippen LogP contribution in [-0.2, 0) is 0 Å². The van der Waals surface area contributed by atoms with Crippen molar-refractivity contribution in [3.8, 4) is 0 Å². The van der Waals surface area contributed by atoms with Crippen molar-refractivity contribution in [3.05, 3.63) is 17.0 Å². The smallest absolute Gasteiger partial charge is 0.155 e. The number of rotatable bonds is 4. The molecule has 0 aliphatic heterocycles. The van der Waals surface area contributed by atoms with Crippen LogP contribution >= 0.6 is 11.6 Å². The van der Waals surface area contributed by atoms with E-state index < -0.39 is 12.2 Å². The number of likely N-dealkylation sites (N-methyl/N-ethyl adjacent to an activating group) is 1. The zero-order valence-corrected chi connectivity index (χ0v) is 8.94. The number of hydrogen-bond donors (Lipinski definition) is 4. The molecule has 84 valence electrons. The van der Waals surface area contributed by atoms with E-state index >= 15 is 0 Å². The molecule has 0 amide bonds. The Balaban J connectivity index is 2.86. The summed E-state index contributed by atoms with van der Waals surface area (Å²) in [5.41, 5.74) is 5.47. The molecule has 0 radical (unpaired) electrons. The maximum atomic E-state index is 9.67. The third-order valence-corrected chi connectivity index (χ3v) is 2.11. The highest BCUT2D eigenvalue weighted by molar-refractivity contribution is 6.30. The van der Waals surface area contributed by atoms with E-state index in [-0.39, 0.29) is 23.2 Å². The zero-order valence-electron chi connectivity index (χ0n) is 8.18. The molecule has 0 bridgehead atoms. The van der Waals surface area contributed by atoms with E-state index in [1.807, 2.05) is 0 Å². The maximum absolute atomic E-state index is 9.67. The van der Waals surface area contributed by atoms with Crippen molar-refractivity contribution in [2.45, 2.75) is 12.2 Å². The van der Waals surface area contributed by atoms with Gasteiger partial charge in [0.1, 0.15) is 17.6 Å². The Morgan fingerprint density at radius 1 is 1.60 bits per heavy atom. The highest BCUT2D eigenvalue weighted by Gasteiger charge is 2.22. The monoisotopic (exact) mass is 232 g/mol. The van der Waals surface area contributed by atoms with Crippen LogP contribution in [-0.4, -0.2) is 39.9 Å². The van der Waals surface area contributed by atoms with Crippen molar-refractivity contribution in [1.82, 2.24) is 15.3 Å². The van der Waals surface area contributed by atoms with Gasteiger partial charge in [0.15, 0.2) is 5.15 Å². The van der Waals surface area contributed by atoms with Gasteiger partial charge in [-0.05, 0) is 7.05 Å². The molecule has 5 N–H and O–H groups in total. The lowest BCUT2D eigenvalue weighted by molar-refractivity contribution is 0.0175. The summed E-state index contributed by atoms with van der Waals surface area (Å²) in [6.45, 7) is 0.226. The molecule has 6 nitrogen and oxygen atoms in total. The van der Waals surface area contributed by atoms with E-state index in [2.05, 4.69) is 15.3 Å². The number of nitrogens with two attached hydrogens (primary N) is 1. The van der Waals surface area contributed by atoms with Crippen LogP contribution in [0.3, 0.4) is 0 Å². The van der Waals surface area contributed by atoms with Gasteiger partial charge in [0.2, 0.25) is 0 Å². The van der Waals surface area contributed by atoms with Crippen LogP contribution in [0, 0.1) is 0 Å². The Morgan fingerprint density at radius 2 is 2.27 bits per heavy atom. The first-order valence-corrected chi connectivity index (χ1v) is 4.72. The van der Waals surface area contributed by atoms with E-state index in [1.165, 1.54) is 6.20 Å². The molecular weight excluding hydrogens is 220 g/mol. The Morgan fingerprint density at radius 3 is 2.80 bits per heavy atom. The van der Waals surface area contributed by atoms with Gasteiger partial charge in [-0.25, -0.2) is 4.98 Å². The summed E-state index contributed by atoms with van der Waals surface area (Å²) in [6.07, 6.45) is -0.903. The lowest BCUT2D eigenvalue weighted by Crippen LogP contribution is -2.30. The minimum atomic E-state index is -1.18. The molecule has 0 spiro atoms. The van der Waals surface area contributed by atoms with Crippen LogP contribution in [0.2, 0.25) is 5.15 Å². The molecule has 1 aromatic heterocycles. The third-order valence-electron chi connectivity index (χ3n) is 1.83. The topological polar surface area (TPSA) is 104 Å². The molecule has 15 heavy (non-hydrogen) atoms. The summed E-state index contributed by atoms with van der Waals surface area (Å²) in [5, 5.41) is 21.9. The second-order valence-corrected chi connectivity index (χ2v) is 3.40. The third kappa shape index (κ3) is 3.00. The number of hydrogen-bond acceptors (Lipinski definition) is 6. The number of nitrogens with one attached hydrogen (secondary N) is 1. The van der Waals surface area contributed by atoms with Crippen molar-refractivity contribution in [2.24, 2.45) is 0 Å². The summed E-state index contributed by atoms with van der Waals surface area (Å²) in [6, 6.07) is 0. The van der Waals surface area contributed by atoms with Crippen LogP contribution in [0.5, 0.6) is 0 Å². The predicted molar refractivity (Wildman–Crippen MR) is 56.3 cm³/mol. The first-order chi connectivity index (χ1) is 7.06. The van der Waals surface area contributed by atoms with Crippen molar-refractivity contribution in [3.63, 3.8) is 0 Å². The zero-order chi connectivity index (χ0) is 11.4. The molecule has 7 heteroatoms. The average Bonchev–Trinajstić information content (AvgIpc) is 2.17. The molecule has 1 rings (SSSR count). The first-order valence-electron chi connectivity index (χ1n) is 4.35. The van der Waals surface area contributed by atoms with Crippen molar-refractivity contribution < 1.29 is 10.2 Å². The largest absolute Gasteiger partial charge is 0.389 e. The Labute approximate surface area is 92.1 Å². The van der Waals surface area contributed by atoms with Crippen LogP contribution in [0.15, 0.2) is 6.20 Å². The SMILES string of the molecule is CNCC(O)C(O)c1ncc(N)nc1Cl. The molecule has 2 atom stereocenters. The van der Waals surface area contributed by atoms with Gasteiger partial charge in [-0.1, -0.05) is 11.6 Å². The summed E-state index contributed by atoms with van der Waals surface area (Å²) in [4.78, 5) is 7.55. The highest BCUT2D eigenvalue weighted by Crippen LogP contribution is 2.21. The first kappa shape index (κ1) is 12.1. The number of aromatic nitrogens is 2. The molecule has 0 saturated heterocycles. The number of halogens is 1. The van der Waals surface area contributed by atoms with Gasteiger partial charge in [0, 0.05) is 6.54 Å². The standard InChI is InChI=1S/C8H13ClN4O2/c1-11-2-4(14)7(15)6-8(9)13-5(10)3-12-6/h3-4,7,11,14-15H,2H2,1H3,(H2,10,13). The average molecular weight is 233 g/mol. The Kier molecular flexibility index (Phi) is 4.22. The molecular formula is C8H13ClN4O2. The van der Waals surface area contributed by atoms with Gasteiger partial charge in [-0.15, -0.1) is 0 Å². The predicted octanol–water partition coefficient (Wildman–Crippen LogP) is -0.674. The molecule has 0 fully saturated rings. The van der Waals surface area contributed by atoms with Crippen LogP contribution in [0.1, 0.15) is 11.8 Å². The fraction of sp³-hybridized carbons (Fsp3) is 0.500. The van der Waals surface area contributed by atoms with Gasteiger partial charge < -0.3 is 21.3 Å². The van der Waals surface area contributed by atoms with Gasteiger partial charge in [0.25, 0.3) is 0 Å². The fourth-order valence-electron chi connectivity index (χ4n) is 1.09. The summed E-state index contributed by atoms with van der Waals surface area (Å²) < 4.78 is 0. The second-order valence-electron chi connectivity index (χ2n) is 3.04. The summed E-state index contributed by atoms with van der Waals surface area (Å²) >= 11 is 5.72. The van der Waals surface area contributed by atoms with E-state index in [1.54, 1.807) is 7.05 Å². The van der Waals surface area contributed by atoms with E-state index in [0.717, 1.165) is 0 Å². The fourth-order valence-corrected chi connectivity index (χ4v) is 1.35. The summed E-state index contributed by atoms with van der Waals surface area (Å²) in [5.74, 6) is 0.166. The normalized spacial score (nSPS) is 14.9. The van der Waals surface area contributed by atoms with E-state index in [0.29, 0.717) is 0 Å². The van der Waals surface area contributed by atoms with Gasteiger partial charge in [-0.3, -0.25) is 4.98 Å². The maximum Gasteiger partial charge on any atom is 0.155 e. The second kappa shape index (κ2) is 5.22. The molecule has 0 aromatic carbocycles. The lowest BCUT2D eigenvalue weighted by Gasteiger charge is -2.17. The Bertz CT molecular complexity index is 336. The van der Waals surface area contributed by atoms with Gasteiger partial charge >= 0.3 is 0 Å². The summed E-state index contributed by atoms with van der Waals surface area (Å²) in [7, 11) is 1.66. The van der Waals surface area contributed by atoms with Crippen molar-refractivity contribution >= 4 is 17.4 Å². The van der Waals surface area contributed by atoms with Gasteiger partial charge in [-0.2, -0.15) is 0 Å². The molecule has 0 aliphatic rings. The molecule has 0 aliphatic carbocycles. The van der Waals surface area contributed by atoms with E-state index in [9.17, 15) is 10.2 Å². The van der Waals surface area contributed by atoms with Crippen LogP contribution < -0.4 is 11.1 Å². The number of nitrogen functional groups attached to an aromatic ring is 1. The minimum absolute atomic E-state index is 0.00217. The Hall–Kier alpha value is -0.950. The van der Waals surface area contributed by atoms with E-state index in [4.69, 9.17) is 17.3 Å². The molecule has 2 unspecified atom stereocenters. The van der Waals surface area contributed by atoms with Crippen LogP contribution in [0.25, 0.3) is 0 Å². The highest BCUT2D eigenvalue weighted by atomic mass is 35.5. The lowest BCUT2D eigenvalue weighted by atomic mass is 10.1. The number of aliphatic hydroxyl groups excluding tert-OH is 2. The number of nitrogens with zero attached hydrogens (tertiary/aromatic N) is 2. The molecule has 1 heterocycles. The van der Waals surface area contributed by atoms with Crippen molar-refractivity contribution in [2.75, 3.05) is 19.3 Å². The van der Waals surface area contributed by atoms with Crippen molar-refractivity contribution in [1.29, 1.82) is 0 Å². The minimum Gasteiger partial charge on any atom is -0.389 e. The number of anilines is 1. The molecule has 1 aromatic rings. The van der Waals surface area contributed by atoms with Gasteiger partial charge in [0.05, 0.1) is 12.3 Å². The molecule has 0 saturated carbocycles.